The van der Waals surface area contributed by atoms with Crippen LogP contribution in [-0.2, 0) is 35.1 Å². The van der Waals surface area contributed by atoms with Gasteiger partial charge in [0.05, 0.1) is 80.1 Å². The van der Waals surface area contributed by atoms with Gasteiger partial charge in [0.15, 0.2) is 6.61 Å². The van der Waals surface area contributed by atoms with E-state index in [0.717, 1.165) is 24.3 Å². The van der Waals surface area contributed by atoms with Gasteiger partial charge in [-0.15, -0.1) is 6.42 Å². The highest BCUT2D eigenvalue weighted by Gasteiger charge is 2.24. The van der Waals surface area contributed by atoms with E-state index >= 15 is 0 Å². The summed E-state index contributed by atoms with van der Waals surface area (Å²) in [4.78, 5) is 14.1. The van der Waals surface area contributed by atoms with Crippen molar-refractivity contribution in [2.24, 2.45) is 0 Å². The van der Waals surface area contributed by atoms with E-state index in [2.05, 4.69) is 73.6 Å². The van der Waals surface area contributed by atoms with Crippen LogP contribution in [0, 0.1) is 12.3 Å². The van der Waals surface area contributed by atoms with Gasteiger partial charge in [0.1, 0.15) is 36.1 Å². The van der Waals surface area contributed by atoms with E-state index in [1.165, 1.54) is 65.0 Å². The van der Waals surface area contributed by atoms with Crippen molar-refractivity contribution < 1.29 is 63.1 Å². The Morgan fingerprint density at radius 1 is 0.579 bits per heavy atom. The van der Waals surface area contributed by atoms with Crippen molar-refractivity contribution in [3.8, 4) is 18.1 Å². The molecule has 320 valence electrons. The molecular formula is C39H60N4O11S3. The summed E-state index contributed by atoms with van der Waals surface area (Å²) in [5, 5.41) is 1.02. The number of benzene rings is 4. The van der Waals surface area contributed by atoms with Crippen LogP contribution in [0.5, 0.6) is 5.75 Å². The summed E-state index contributed by atoms with van der Waals surface area (Å²) in [5.74, 6) is 1.17. The molecule has 4 rings (SSSR count). The van der Waals surface area contributed by atoms with Gasteiger partial charge in [-0.1, -0.05) is 24.1 Å². The molecule has 0 atom stereocenters. The average Bonchev–Trinajstić information content (AvgIpc) is 3.16. The fraction of sp³-hybridized carbons (Fsp3) is 0.513. The van der Waals surface area contributed by atoms with Gasteiger partial charge in [0, 0.05) is 32.3 Å². The molecule has 0 saturated carbocycles. The molecule has 4 aromatic rings. The first kappa shape index (κ1) is 51.4. The van der Waals surface area contributed by atoms with E-state index < -0.39 is 57.6 Å². The Kier molecular flexibility index (Phi) is 21.4. The average molecular weight is 857 g/mol. The standard InChI is InChI=1S/C21H15NO11S3.3C6H15N/c1-2-7-22-19(23)10-33-15-8-16(34(24,25)26)12-5-6-14-18(36(30,31)32)9-17(35(27,28)29)13-4-3-11(15)20(12)21(13)14;3*1-4-7(5-2)6-3/h1,3-6,8-9H,7,10H2,(H,22,23)(H,24,25,26)(H,27,28,29)(H,30,31,32);3*4-6H2,1-3H3. The molecule has 0 aromatic heterocycles. The molecule has 0 saturated heterocycles. The maximum absolute atomic E-state index is 12.1. The maximum atomic E-state index is 12.1. The summed E-state index contributed by atoms with van der Waals surface area (Å²) >= 11 is 0. The van der Waals surface area contributed by atoms with Crippen molar-refractivity contribution in [2.45, 2.75) is 77.0 Å². The molecular weight excluding hydrogens is 797 g/mol. The molecule has 0 aliphatic heterocycles. The molecule has 4 N–H and O–H groups in total. The van der Waals surface area contributed by atoms with Crippen LogP contribution in [0.15, 0.2) is 51.1 Å². The first-order valence-corrected chi connectivity index (χ1v) is 23.4. The summed E-state index contributed by atoms with van der Waals surface area (Å²) in [5.41, 5.74) is 0. The fourth-order valence-electron chi connectivity index (χ4n) is 6.20. The lowest BCUT2D eigenvalue weighted by Crippen LogP contribution is -3.11. The molecule has 0 unspecified atom stereocenters. The van der Waals surface area contributed by atoms with E-state index in [0.29, 0.717) is 6.07 Å². The first-order valence-electron chi connectivity index (χ1n) is 19.2. The smallest absolute Gasteiger partial charge is 0.258 e. The normalized spacial score (nSPS) is 11.8. The molecule has 0 aliphatic carbocycles. The number of hydrogen-bond acceptors (Lipinski definition) is 11. The van der Waals surface area contributed by atoms with E-state index in [9.17, 15) is 43.7 Å². The number of hydrogen-bond donors (Lipinski definition) is 4. The van der Waals surface area contributed by atoms with E-state index in [1.54, 1.807) is 14.7 Å². The molecule has 0 bridgehead atoms. The first-order chi connectivity index (χ1) is 26.7. The molecule has 1 amide bonds. The van der Waals surface area contributed by atoms with Crippen LogP contribution in [0.3, 0.4) is 0 Å². The summed E-state index contributed by atoms with van der Waals surface area (Å²) in [7, 11) is -15.8. The summed E-state index contributed by atoms with van der Waals surface area (Å²) in [6.07, 6.45) is 5.06. The maximum Gasteiger partial charge on any atom is 0.258 e. The molecule has 57 heavy (non-hydrogen) atoms. The van der Waals surface area contributed by atoms with Crippen LogP contribution in [0.2, 0.25) is 0 Å². The molecule has 0 radical (unpaired) electrons. The highest BCUT2D eigenvalue weighted by atomic mass is 32.2. The summed E-state index contributed by atoms with van der Waals surface area (Å²) in [6.45, 7) is 30.7. The minimum atomic E-state index is -5.32. The second-order valence-electron chi connectivity index (χ2n) is 12.9. The van der Waals surface area contributed by atoms with Crippen LogP contribution in [0.1, 0.15) is 62.3 Å². The lowest BCUT2D eigenvalue weighted by molar-refractivity contribution is -0.894. The van der Waals surface area contributed by atoms with Crippen LogP contribution >= 0.6 is 0 Å². The van der Waals surface area contributed by atoms with Crippen molar-refractivity contribution in [3.05, 3.63) is 36.4 Å². The number of nitrogens with one attached hydrogen (secondary N) is 4. The van der Waals surface area contributed by atoms with E-state index in [4.69, 9.17) is 11.2 Å². The monoisotopic (exact) mass is 856 g/mol. The Bertz CT molecular complexity index is 2170. The quantitative estimate of drug-likeness (QED) is 0.0678. The van der Waals surface area contributed by atoms with Gasteiger partial charge >= 0.3 is 0 Å². The lowest BCUT2D eigenvalue weighted by atomic mass is 9.93. The Balaban J connectivity index is 0.000000632. The zero-order valence-electron chi connectivity index (χ0n) is 34.5. The van der Waals surface area contributed by atoms with Crippen molar-refractivity contribution in [1.82, 2.24) is 5.32 Å². The zero-order valence-corrected chi connectivity index (χ0v) is 37.0. The predicted molar refractivity (Wildman–Crippen MR) is 219 cm³/mol. The second-order valence-corrected chi connectivity index (χ2v) is 16.9. The SMILES string of the molecule is C#CCNC(=O)COc1cc(S(=O)(=O)[O-])c2ccc3c(S(=O)(=O)[O-])cc(S(=O)(=O)[O-])c4ccc1c2c43.CC[NH+](CC)CC.CC[NH+](CC)CC.CC[NH+](CC)CC. The van der Waals surface area contributed by atoms with Crippen LogP contribution < -0.4 is 24.8 Å². The number of quaternary nitrogens is 3. The minimum Gasteiger partial charge on any atom is -0.744 e. The fourth-order valence-corrected chi connectivity index (χ4v) is 8.37. The molecule has 0 heterocycles. The number of carbonyl (C=O) groups excluding carboxylic acids is 1. The Morgan fingerprint density at radius 3 is 1.16 bits per heavy atom. The third-order valence-corrected chi connectivity index (χ3v) is 12.4. The van der Waals surface area contributed by atoms with Gasteiger partial charge in [-0.05, 0) is 80.5 Å². The lowest BCUT2D eigenvalue weighted by Gasteiger charge is -2.22. The number of rotatable bonds is 16. The third-order valence-electron chi connectivity index (χ3n) is 9.80. The molecule has 0 aliphatic rings. The van der Waals surface area contributed by atoms with Gasteiger partial charge < -0.3 is 38.4 Å². The molecule has 18 heteroatoms. The predicted octanol–water partition coefficient (Wildman–Crippen LogP) is 0.218. The van der Waals surface area contributed by atoms with Crippen molar-refractivity contribution in [3.63, 3.8) is 0 Å². The number of ether oxygens (including phenoxy) is 1. The number of carbonyl (C=O) groups is 1. The number of amides is 1. The molecule has 15 nitrogen and oxygen atoms in total. The molecule has 0 spiro atoms. The summed E-state index contributed by atoms with van der Waals surface area (Å²) < 4.78 is 113. The van der Waals surface area contributed by atoms with Gasteiger partial charge in [-0.25, -0.2) is 25.3 Å². The Labute approximate surface area is 339 Å². The summed E-state index contributed by atoms with van der Waals surface area (Å²) in [6, 6.07) is 5.75. The van der Waals surface area contributed by atoms with Crippen LogP contribution in [0.25, 0.3) is 32.3 Å². The highest BCUT2D eigenvalue weighted by molar-refractivity contribution is 7.87. The van der Waals surface area contributed by atoms with Crippen molar-refractivity contribution in [1.29, 1.82) is 0 Å². The van der Waals surface area contributed by atoms with Gasteiger partial charge in [-0.3, -0.25) is 4.79 Å². The number of terminal acetylenes is 1. The molecule has 4 aromatic carbocycles. The van der Waals surface area contributed by atoms with Crippen molar-refractivity contribution in [2.75, 3.05) is 72.1 Å². The second kappa shape index (κ2) is 23.7. The van der Waals surface area contributed by atoms with Crippen LogP contribution in [0.4, 0.5) is 0 Å². The van der Waals surface area contributed by atoms with Gasteiger partial charge in [-0.2, -0.15) is 0 Å². The minimum absolute atomic E-state index is 0.0370. The zero-order chi connectivity index (χ0) is 43.7. The molecule has 0 fully saturated rings. The third kappa shape index (κ3) is 14.6. The van der Waals surface area contributed by atoms with Crippen molar-refractivity contribution >= 4 is 68.6 Å². The Hall–Kier alpha value is -3.64. The van der Waals surface area contributed by atoms with E-state index in [-0.39, 0.29) is 44.6 Å². The van der Waals surface area contributed by atoms with Crippen LogP contribution in [-0.4, -0.2) is 117 Å². The highest BCUT2D eigenvalue weighted by Crippen LogP contribution is 2.45. The largest absolute Gasteiger partial charge is 0.744 e. The van der Waals surface area contributed by atoms with Gasteiger partial charge in [0.2, 0.25) is 0 Å². The Morgan fingerprint density at radius 2 is 0.877 bits per heavy atom. The van der Waals surface area contributed by atoms with E-state index in [1.807, 2.05) is 0 Å². The van der Waals surface area contributed by atoms with Gasteiger partial charge in [0.25, 0.3) is 5.91 Å². The topological polar surface area (TPSA) is 223 Å².